The molecule has 1 fully saturated rings. The number of carbonyl (C=O) groups is 2. The van der Waals surface area contributed by atoms with Crippen LogP contribution in [0.2, 0.25) is 5.02 Å². The van der Waals surface area contributed by atoms with E-state index < -0.39 is 17.7 Å². The van der Waals surface area contributed by atoms with Crippen molar-refractivity contribution in [2.24, 2.45) is 0 Å². The first kappa shape index (κ1) is 21.7. The maximum Gasteiger partial charge on any atom is 0.295 e. The molecule has 3 aromatic carbocycles. The summed E-state index contributed by atoms with van der Waals surface area (Å²) >= 11 is 5.98. The van der Waals surface area contributed by atoms with Crippen molar-refractivity contribution in [2.45, 2.75) is 12.6 Å². The molecule has 1 amide bonds. The Morgan fingerprint density at radius 2 is 1.56 bits per heavy atom. The number of amides is 1. The largest absolute Gasteiger partial charge is 0.507 e. The van der Waals surface area contributed by atoms with E-state index in [0.29, 0.717) is 10.6 Å². The van der Waals surface area contributed by atoms with Crippen molar-refractivity contribution in [1.82, 2.24) is 4.90 Å². The smallest absolute Gasteiger partial charge is 0.295 e. The van der Waals surface area contributed by atoms with Crippen LogP contribution in [0.25, 0.3) is 5.76 Å². The number of hydrogen-bond acceptors (Lipinski definition) is 4. The zero-order valence-corrected chi connectivity index (χ0v) is 18.6. The number of anilines is 1. The highest BCUT2D eigenvalue weighted by Gasteiger charge is 2.46. The van der Waals surface area contributed by atoms with Crippen LogP contribution < -0.4 is 4.90 Å². The minimum Gasteiger partial charge on any atom is -0.507 e. The summed E-state index contributed by atoms with van der Waals surface area (Å²) in [5.74, 6) is -1.54. The van der Waals surface area contributed by atoms with Crippen LogP contribution in [0.5, 0.6) is 0 Å². The van der Waals surface area contributed by atoms with Crippen LogP contribution in [0.15, 0.2) is 84.4 Å². The molecular weight excluding hydrogens is 424 g/mol. The standard InChI is InChI=1S/C26H23ClN2O3/c1-28(2)21-14-10-18(11-15-21)23-22(24(30)19-8-12-20(27)13-9-19)25(31)26(32)29(23)16-17-6-4-3-5-7-17/h3-15,23,30H,16H2,1-2H3/t23-/m0/s1. The third kappa shape index (κ3) is 4.12. The summed E-state index contributed by atoms with van der Waals surface area (Å²) in [5.41, 5.74) is 3.15. The van der Waals surface area contributed by atoms with Crippen LogP contribution in [0.1, 0.15) is 22.7 Å². The number of carbonyl (C=O) groups excluding carboxylic acids is 2. The van der Waals surface area contributed by atoms with Gasteiger partial charge in [0, 0.05) is 36.9 Å². The normalized spacial score (nSPS) is 17.6. The van der Waals surface area contributed by atoms with E-state index in [4.69, 9.17) is 11.6 Å². The molecule has 1 saturated heterocycles. The van der Waals surface area contributed by atoms with E-state index >= 15 is 0 Å². The number of rotatable bonds is 5. The maximum absolute atomic E-state index is 13.1. The Hall–Kier alpha value is -3.57. The van der Waals surface area contributed by atoms with Crippen LogP contribution in [0.3, 0.4) is 0 Å². The Labute approximate surface area is 192 Å². The topological polar surface area (TPSA) is 60.9 Å². The molecule has 162 valence electrons. The van der Waals surface area contributed by atoms with Gasteiger partial charge in [0.2, 0.25) is 0 Å². The molecule has 0 aliphatic carbocycles. The minimum atomic E-state index is -0.706. The van der Waals surface area contributed by atoms with Crippen molar-refractivity contribution >= 4 is 34.7 Å². The molecule has 6 heteroatoms. The van der Waals surface area contributed by atoms with Gasteiger partial charge in [-0.05, 0) is 47.5 Å². The summed E-state index contributed by atoms with van der Waals surface area (Å²) in [4.78, 5) is 29.7. The van der Waals surface area contributed by atoms with E-state index in [1.54, 1.807) is 24.3 Å². The fourth-order valence-electron chi connectivity index (χ4n) is 3.89. The van der Waals surface area contributed by atoms with Gasteiger partial charge in [-0.25, -0.2) is 0 Å². The zero-order valence-electron chi connectivity index (χ0n) is 17.8. The van der Waals surface area contributed by atoms with Crippen LogP contribution in [0, 0.1) is 0 Å². The average Bonchev–Trinajstić information content (AvgIpc) is 3.05. The molecule has 0 spiro atoms. The number of nitrogens with zero attached hydrogens (tertiary/aromatic N) is 2. The van der Waals surface area contributed by atoms with Crippen LogP contribution >= 0.6 is 11.6 Å². The molecule has 1 N–H and O–H groups in total. The van der Waals surface area contributed by atoms with Gasteiger partial charge in [-0.15, -0.1) is 0 Å². The van der Waals surface area contributed by atoms with Gasteiger partial charge in [0.1, 0.15) is 5.76 Å². The second kappa shape index (κ2) is 8.89. The van der Waals surface area contributed by atoms with E-state index in [2.05, 4.69) is 0 Å². The molecule has 5 nitrogen and oxygen atoms in total. The van der Waals surface area contributed by atoms with E-state index in [1.165, 1.54) is 4.90 Å². The fraction of sp³-hybridized carbons (Fsp3) is 0.154. The first-order valence-electron chi connectivity index (χ1n) is 10.2. The Morgan fingerprint density at radius 3 is 2.16 bits per heavy atom. The fourth-order valence-corrected chi connectivity index (χ4v) is 4.01. The van der Waals surface area contributed by atoms with E-state index in [-0.39, 0.29) is 17.9 Å². The molecule has 1 aliphatic rings. The van der Waals surface area contributed by atoms with Gasteiger partial charge in [0.05, 0.1) is 11.6 Å². The average molecular weight is 447 g/mol. The van der Waals surface area contributed by atoms with E-state index in [1.807, 2.05) is 73.6 Å². The molecular formula is C26H23ClN2O3. The van der Waals surface area contributed by atoms with Crippen molar-refractivity contribution in [1.29, 1.82) is 0 Å². The number of benzene rings is 3. The van der Waals surface area contributed by atoms with Gasteiger partial charge in [-0.2, -0.15) is 0 Å². The third-order valence-electron chi connectivity index (χ3n) is 5.58. The molecule has 1 atom stereocenters. The minimum absolute atomic E-state index is 0.0749. The molecule has 32 heavy (non-hydrogen) atoms. The molecule has 0 unspecified atom stereocenters. The summed E-state index contributed by atoms with van der Waals surface area (Å²) in [6.07, 6.45) is 0. The zero-order chi connectivity index (χ0) is 22.8. The summed E-state index contributed by atoms with van der Waals surface area (Å²) in [5, 5.41) is 11.6. The molecule has 1 aliphatic heterocycles. The van der Waals surface area contributed by atoms with Crippen molar-refractivity contribution in [2.75, 3.05) is 19.0 Å². The van der Waals surface area contributed by atoms with Crippen LogP contribution in [0.4, 0.5) is 5.69 Å². The maximum atomic E-state index is 13.1. The number of ketones is 1. The lowest BCUT2D eigenvalue weighted by molar-refractivity contribution is -0.140. The second-order valence-electron chi connectivity index (χ2n) is 7.91. The molecule has 1 heterocycles. The molecule has 0 saturated carbocycles. The number of halogens is 1. The summed E-state index contributed by atoms with van der Waals surface area (Å²) in [6.45, 7) is 0.253. The lowest BCUT2D eigenvalue weighted by Gasteiger charge is -2.26. The Kier molecular flexibility index (Phi) is 6.01. The molecule has 0 bridgehead atoms. The van der Waals surface area contributed by atoms with Gasteiger partial charge in [0.25, 0.3) is 11.7 Å². The number of Topliss-reactive ketones (excluding diaryl/α,β-unsaturated/α-hetero) is 1. The first-order valence-corrected chi connectivity index (χ1v) is 10.6. The molecule has 3 aromatic rings. The number of aliphatic hydroxyl groups excluding tert-OH is 1. The Bertz CT molecular complexity index is 1170. The quantitative estimate of drug-likeness (QED) is 0.339. The number of likely N-dealkylation sites (tertiary alicyclic amines) is 1. The highest BCUT2D eigenvalue weighted by Crippen LogP contribution is 2.40. The van der Waals surface area contributed by atoms with E-state index in [0.717, 1.165) is 16.8 Å². The van der Waals surface area contributed by atoms with Gasteiger partial charge in [0.15, 0.2) is 0 Å². The van der Waals surface area contributed by atoms with Crippen molar-refractivity contribution in [3.8, 4) is 0 Å². The summed E-state index contributed by atoms with van der Waals surface area (Å²) < 4.78 is 0. The molecule has 4 rings (SSSR count). The number of aliphatic hydroxyl groups is 1. The van der Waals surface area contributed by atoms with Gasteiger partial charge < -0.3 is 14.9 Å². The van der Waals surface area contributed by atoms with E-state index in [9.17, 15) is 14.7 Å². The van der Waals surface area contributed by atoms with Crippen LogP contribution in [-0.2, 0) is 16.1 Å². The Morgan fingerprint density at radius 1 is 0.938 bits per heavy atom. The first-order chi connectivity index (χ1) is 15.4. The predicted molar refractivity (Wildman–Crippen MR) is 127 cm³/mol. The van der Waals surface area contributed by atoms with Gasteiger partial charge in [-0.1, -0.05) is 54.1 Å². The molecule has 0 aromatic heterocycles. The lowest BCUT2D eigenvalue weighted by atomic mass is 9.95. The van der Waals surface area contributed by atoms with Gasteiger partial charge in [-0.3, -0.25) is 9.59 Å². The second-order valence-corrected chi connectivity index (χ2v) is 8.34. The SMILES string of the molecule is CN(C)c1ccc([C@H]2C(=C(O)c3ccc(Cl)cc3)C(=O)C(=O)N2Cc2ccccc2)cc1. The van der Waals surface area contributed by atoms with Gasteiger partial charge >= 0.3 is 0 Å². The molecule has 0 radical (unpaired) electrons. The van der Waals surface area contributed by atoms with Crippen molar-refractivity contribution in [3.63, 3.8) is 0 Å². The van der Waals surface area contributed by atoms with Crippen molar-refractivity contribution in [3.05, 3.63) is 106 Å². The predicted octanol–water partition coefficient (Wildman–Crippen LogP) is 5.03. The highest BCUT2D eigenvalue weighted by molar-refractivity contribution is 6.46. The Balaban J connectivity index is 1.84. The summed E-state index contributed by atoms with van der Waals surface area (Å²) in [7, 11) is 3.88. The van der Waals surface area contributed by atoms with Crippen LogP contribution in [-0.4, -0.2) is 35.8 Å². The number of hydrogen-bond donors (Lipinski definition) is 1. The monoisotopic (exact) mass is 446 g/mol. The third-order valence-corrected chi connectivity index (χ3v) is 5.83. The highest BCUT2D eigenvalue weighted by atomic mass is 35.5. The summed E-state index contributed by atoms with van der Waals surface area (Å²) in [6, 6.07) is 23.0. The van der Waals surface area contributed by atoms with Crippen molar-refractivity contribution < 1.29 is 14.7 Å². The lowest BCUT2D eigenvalue weighted by Crippen LogP contribution is -2.29.